The normalized spacial score (nSPS) is 19.9. The lowest BCUT2D eigenvalue weighted by Gasteiger charge is -2.44. The topological polar surface area (TPSA) is 107 Å². The smallest absolute Gasteiger partial charge is 0.308 e. The van der Waals surface area contributed by atoms with Crippen molar-refractivity contribution >= 4 is 30.0 Å². The Hall–Kier alpha value is -3.60. The van der Waals surface area contributed by atoms with Gasteiger partial charge in [0.05, 0.1) is 39.5 Å². The summed E-state index contributed by atoms with van der Waals surface area (Å²) in [5.74, 6) is 2.28. The lowest BCUT2D eigenvalue weighted by Crippen LogP contribution is -2.47. The Morgan fingerprint density at radius 1 is 1.07 bits per heavy atom. The van der Waals surface area contributed by atoms with Gasteiger partial charge in [0.15, 0.2) is 5.82 Å². The van der Waals surface area contributed by atoms with Crippen molar-refractivity contribution in [3.63, 3.8) is 0 Å². The number of hydrogen-bond acceptors (Lipinski definition) is 10. The van der Waals surface area contributed by atoms with Crippen LogP contribution in [0.3, 0.4) is 0 Å². The molecule has 1 aliphatic heterocycles. The predicted molar refractivity (Wildman–Crippen MR) is 179 cm³/mol. The number of hydrogen-bond donors (Lipinski definition) is 1. The third-order valence-electron chi connectivity index (χ3n) is 8.07. The quantitative estimate of drug-likeness (QED) is 0.103. The first-order valence-electron chi connectivity index (χ1n) is 16.1. The molecule has 244 valence electrons. The molecule has 0 unspecified atom stereocenters. The zero-order chi connectivity index (χ0) is 31.9. The number of allylic oxidation sites excluding steroid dienone is 3. The van der Waals surface area contributed by atoms with Crippen molar-refractivity contribution < 1.29 is 23.7 Å². The molecule has 1 aliphatic carbocycles. The molecule has 2 aromatic rings. The zero-order valence-corrected chi connectivity index (χ0v) is 27.1. The molecule has 1 aromatic heterocycles. The highest BCUT2D eigenvalue weighted by Crippen LogP contribution is 2.41. The molecule has 1 N–H and O–H groups in total. The summed E-state index contributed by atoms with van der Waals surface area (Å²) >= 11 is 0. The Kier molecular flexibility index (Phi) is 13.5. The van der Waals surface area contributed by atoms with Gasteiger partial charge in [-0.3, -0.25) is 9.79 Å². The second kappa shape index (κ2) is 17.8. The van der Waals surface area contributed by atoms with E-state index in [0.29, 0.717) is 57.1 Å². The minimum atomic E-state index is -0.454. The lowest BCUT2D eigenvalue weighted by molar-refractivity contribution is -0.173. The van der Waals surface area contributed by atoms with Gasteiger partial charge in [-0.25, -0.2) is 9.97 Å². The Bertz CT molecular complexity index is 1280. The molecular formula is C35H49N5O5. The number of nitrogens with one attached hydrogen (secondary N) is 1. The van der Waals surface area contributed by atoms with Crippen LogP contribution in [0, 0.1) is 5.92 Å². The first-order chi connectivity index (χ1) is 21.9. The number of anilines is 2. The summed E-state index contributed by atoms with van der Waals surface area (Å²) in [4.78, 5) is 28.7. The van der Waals surface area contributed by atoms with Gasteiger partial charge in [0.25, 0.3) is 0 Å². The van der Waals surface area contributed by atoms with E-state index in [2.05, 4.69) is 46.2 Å². The van der Waals surface area contributed by atoms with Crippen molar-refractivity contribution in [3.05, 3.63) is 65.5 Å². The van der Waals surface area contributed by atoms with E-state index in [4.69, 9.17) is 28.9 Å². The molecule has 2 heterocycles. The summed E-state index contributed by atoms with van der Waals surface area (Å²) in [6, 6.07) is 10.7. The number of ether oxygens (including phenoxy) is 4. The number of fused-ring (bicyclic) bond motifs is 1. The Morgan fingerprint density at radius 2 is 1.73 bits per heavy atom. The Labute approximate surface area is 267 Å². The van der Waals surface area contributed by atoms with Crippen molar-refractivity contribution in [2.45, 2.75) is 58.5 Å². The predicted octanol–water partition coefficient (Wildman–Crippen LogP) is 5.28. The number of esters is 1. The average Bonchev–Trinajstić information content (AvgIpc) is 3.25. The van der Waals surface area contributed by atoms with Gasteiger partial charge in [-0.2, -0.15) is 0 Å². The van der Waals surface area contributed by atoms with E-state index >= 15 is 0 Å². The van der Waals surface area contributed by atoms with Crippen molar-refractivity contribution in [1.29, 1.82) is 0 Å². The number of benzene rings is 1. The van der Waals surface area contributed by atoms with Gasteiger partial charge in [0.1, 0.15) is 22.9 Å². The molecule has 10 heteroatoms. The van der Waals surface area contributed by atoms with Crippen molar-refractivity contribution in [3.8, 4) is 0 Å². The monoisotopic (exact) mass is 619 g/mol. The molecule has 0 amide bonds. The molecule has 0 saturated heterocycles. The van der Waals surface area contributed by atoms with E-state index in [1.807, 2.05) is 45.1 Å². The number of aromatic nitrogens is 2. The van der Waals surface area contributed by atoms with Crippen LogP contribution < -0.4 is 10.2 Å². The highest BCUT2D eigenvalue weighted by atomic mass is 16.6. The van der Waals surface area contributed by atoms with E-state index in [9.17, 15) is 4.79 Å². The van der Waals surface area contributed by atoms with E-state index in [1.165, 1.54) is 11.1 Å². The van der Waals surface area contributed by atoms with Crippen LogP contribution in [0.15, 0.2) is 53.6 Å². The largest absolute Gasteiger partial charge is 0.459 e. The Morgan fingerprint density at radius 3 is 2.38 bits per heavy atom. The van der Waals surface area contributed by atoms with Crippen LogP contribution in [-0.2, 0) is 36.6 Å². The van der Waals surface area contributed by atoms with Gasteiger partial charge in [0.2, 0.25) is 0 Å². The molecular weight excluding hydrogens is 570 g/mol. The molecule has 1 aromatic carbocycles. The highest BCUT2D eigenvalue weighted by Gasteiger charge is 2.43. The molecule has 0 spiro atoms. The maximum absolute atomic E-state index is 12.4. The van der Waals surface area contributed by atoms with Crippen LogP contribution in [-0.4, -0.2) is 87.5 Å². The molecule has 4 rings (SSSR count). The van der Waals surface area contributed by atoms with Gasteiger partial charge in [0, 0.05) is 32.3 Å². The summed E-state index contributed by atoms with van der Waals surface area (Å²) in [5.41, 5.74) is 2.96. The average molecular weight is 620 g/mol. The van der Waals surface area contributed by atoms with E-state index in [1.54, 1.807) is 0 Å². The van der Waals surface area contributed by atoms with Crippen LogP contribution in [0.4, 0.5) is 11.6 Å². The van der Waals surface area contributed by atoms with E-state index in [0.717, 1.165) is 57.0 Å². The highest BCUT2D eigenvalue weighted by molar-refractivity contribution is 5.70. The summed E-state index contributed by atoms with van der Waals surface area (Å²) in [6.45, 7) is 15.2. The molecule has 1 fully saturated rings. The summed E-state index contributed by atoms with van der Waals surface area (Å²) in [5, 5.41) is 3.53. The lowest BCUT2D eigenvalue weighted by atomic mass is 9.72. The van der Waals surface area contributed by atoms with Gasteiger partial charge >= 0.3 is 5.97 Å². The van der Waals surface area contributed by atoms with Crippen molar-refractivity contribution in [1.82, 2.24) is 9.97 Å². The number of carbonyl (C=O) groups excluding carboxylic acids is 1. The molecule has 0 atom stereocenters. The van der Waals surface area contributed by atoms with Crippen molar-refractivity contribution in [2.24, 2.45) is 10.9 Å². The molecule has 0 radical (unpaired) electrons. The molecule has 2 aliphatic rings. The van der Waals surface area contributed by atoms with Crippen molar-refractivity contribution in [2.75, 3.05) is 69.5 Å². The third-order valence-corrected chi connectivity index (χ3v) is 8.07. The maximum atomic E-state index is 12.4. The molecule has 45 heavy (non-hydrogen) atoms. The third kappa shape index (κ3) is 10.8. The first-order valence-corrected chi connectivity index (χ1v) is 16.1. The van der Waals surface area contributed by atoms with Gasteiger partial charge in [-0.05, 0) is 76.3 Å². The minimum Gasteiger partial charge on any atom is -0.459 e. The molecule has 10 nitrogen and oxygen atoms in total. The van der Waals surface area contributed by atoms with Crippen LogP contribution in [0.1, 0.15) is 57.0 Å². The van der Waals surface area contributed by atoms with Crippen LogP contribution in [0.25, 0.3) is 5.70 Å². The number of carbonyl (C=O) groups is 1. The fraction of sp³-hybridized carbons (Fsp3) is 0.543. The van der Waals surface area contributed by atoms with Gasteiger partial charge in [-0.1, -0.05) is 36.4 Å². The minimum absolute atomic E-state index is 0.228. The fourth-order valence-electron chi connectivity index (χ4n) is 5.79. The van der Waals surface area contributed by atoms with Crippen LogP contribution >= 0.6 is 0 Å². The SMILES string of the molecule is C=N/C(=C\C=C/C)c1nc(NCC2CC(C)(OC(=O)CCOCCOCCOCC)C2)cc(N2CCc3ccccc3CC2)n1. The number of aliphatic imine (C=N–C) groups is 1. The zero-order valence-electron chi connectivity index (χ0n) is 27.1. The van der Waals surface area contributed by atoms with Gasteiger partial charge in [-0.15, -0.1) is 0 Å². The second-order valence-electron chi connectivity index (χ2n) is 11.7. The number of rotatable bonds is 18. The first kappa shape index (κ1) is 34.3. The van der Waals surface area contributed by atoms with Crippen LogP contribution in [0.5, 0.6) is 0 Å². The fourth-order valence-corrected chi connectivity index (χ4v) is 5.79. The van der Waals surface area contributed by atoms with Gasteiger partial charge < -0.3 is 29.2 Å². The Balaban J connectivity index is 1.28. The van der Waals surface area contributed by atoms with Crippen LogP contribution in [0.2, 0.25) is 0 Å². The maximum Gasteiger partial charge on any atom is 0.308 e. The molecule has 1 saturated carbocycles. The second-order valence-corrected chi connectivity index (χ2v) is 11.7. The standard InChI is InChI=1S/C35H49N5O5/c1-5-7-12-30(36-4)34-38-31(23-32(39-34)40-16-13-28-10-8-9-11-29(28)14-17-40)37-26-27-24-35(3,25-27)45-33(41)15-18-43-21-22-44-20-19-42-6-2/h5,7-12,23,27H,4,6,13-22,24-26H2,1-3H3,(H,37,38,39)/b7-5-,30-12-. The molecule has 0 bridgehead atoms. The summed E-state index contributed by atoms with van der Waals surface area (Å²) in [6.07, 6.45) is 9.47. The number of nitrogens with zero attached hydrogens (tertiary/aromatic N) is 4. The van der Waals surface area contributed by atoms with E-state index < -0.39 is 5.60 Å². The summed E-state index contributed by atoms with van der Waals surface area (Å²) < 4.78 is 22.0. The van der Waals surface area contributed by atoms with E-state index in [-0.39, 0.29) is 12.4 Å². The summed E-state index contributed by atoms with van der Waals surface area (Å²) in [7, 11) is 0.